The van der Waals surface area contributed by atoms with Gasteiger partial charge in [-0.1, -0.05) is 18.2 Å². The van der Waals surface area contributed by atoms with Gasteiger partial charge in [0.1, 0.15) is 5.82 Å². The van der Waals surface area contributed by atoms with Crippen molar-refractivity contribution in [1.29, 1.82) is 0 Å². The molecule has 2 aliphatic heterocycles. The Balaban J connectivity index is 1.19. The lowest BCUT2D eigenvalue weighted by Gasteiger charge is -2.23. The summed E-state index contributed by atoms with van der Waals surface area (Å²) in [6, 6.07) is 9.97. The fraction of sp³-hybridized carbons (Fsp3) is 0.367. The fourth-order valence-electron chi connectivity index (χ4n) is 5.01. The van der Waals surface area contributed by atoms with E-state index in [0.29, 0.717) is 18.3 Å². The van der Waals surface area contributed by atoms with Crippen molar-refractivity contribution in [3.8, 4) is 0 Å². The van der Waals surface area contributed by atoms with Gasteiger partial charge in [0.05, 0.1) is 5.92 Å². The Morgan fingerprint density at radius 2 is 1.84 bits per heavy atom. The van der Waals surface area contributed by atoms with E-state index in [4.69, 9.17) is 0 Å². The van der Waals surface area contributed by atoms with E-state index in [2.05, 4.69) is 63.5 Å². The Morgan fingerprint density at radius 1 is 0.973 bits per heavy atom. The average molecular weight is 496 g/mol. The van der Waals surface area contributed by atoms with E-state index in [1.54, 1.807) is 6.20 Å². The Bertz CT molecular complexity index is 1330. The number of nitrogens with one attached hydrogen (secondary N) is 4. The molecule has 2 aliphatic carbocycles. The van der Waals surface area contributed by atoms with Gasteiger partial charge in [-0.15, -0.1) is 0 Å². The van der Waals surface area contributed by atoms with Crippen LogP contribution in [0.4, 0.5) is 11.5 Å². The predicted molar refractivity (Wildman–Crippen MR) is 146 cm³/mol. The third-order valence-corrected chi connectivity index (χ3v) is 7.52. The van der Waals surface area contributed by atoms with Crippen LogP contribution in [0.5, 0.6) is 0 Å². The highest BCUT2D eigenvalue weighted by atomic mass is 16.2. The number of hydrogen-bond donors (Lipinski definition) is 4. The van der Waals surface area contributed by atoms with Gasteiger partial charge >= 0.3 is 0 Å². The first kappa shape index (κ1) is 23.5. The summed E-state index contributed by atoms with van der Waals surface area (Å²) in [5.41, 5.74) is 7.34. The van der Waals surface area contributed by atoms with Crippen LogP contribution in [0, 0.1) is 24.7 Å². The van der Waals surface area contributed by atoms with Crippen LogP contribution < -0.4 is 21.3 Å². The normalized spacial score (nSPS) is 21.0. The molecule has 0 radical (unpaired) electrons. The second-order valence-corrected chi connectivity index (χ2v) is 10.5. The lowest BCUT2D eigenvalue weighted by molar-refractivity contribution is -0.119. The summed E-state index contributed by atoms with van der Waals surface area (Å²) in [5.74, 6) is 1.35. The number of pyridine rings is 1. The van der Waals surface area contributed by atoms with E-state index in [1.807, 2.05) is 18.2 Å². The summed E-state index contributed by atoms with van der Waals surface area (Å²) in [5, 5.41) is 13.0. The van der Waals surface area contributed by atoms with Gasteiger partial charge in [0.2, 0.25) is 11.8 Å². The van der Waals surface area contributed by atoms with Crippen LogP contribution in [0.2, 0.25) is 0 Å². The van der Waals surface area contributed by atoms with Gasteiger partial charge < -0.3 is 21.3 Å². The molecule has 0 spiro atoms. The first-order valence-electron chi connectivity index (χ1n) is 13.3. The van der Waals surface area contributed by atoms with Crippen molar-refractivity contribution in [1.82, 2.24) is 15.6 Å². The Kier molecular flexibility index (Phi) is 6.28. The monoisotopic (exact) mass is 495 g/mol. The number of aromatic nitrogens is 1. The summed E-state index contributed by atoms with van der Waals surface area (Å²) < 4.78 is 0. The van der Waals surface area contributed by atoms with Gasteiger partial charge in [-0.2, -0.15) is 0 Å². The maximum atomic E-state index is 13.1. The topological polar surface area (TPSA) is 95.2 Å². The third-order valence-electron chi connectivity index (χ3n) is 7.52. The zero-order chi connectivity index (χ0) is 25.4. The van der Waals surface area contributed by atoms with Crippen molar-refractivity contribution < 1.29 is 9.59 Å². The Labute approximate surface area is 217 Å². The SMILES string of the molecule is Cc1ccc(NC(=O)C2C=C(C3CC3)NCC2)cc1C1=CCNC(c2ccnc(NC(=O)C3CC3)c2)=C1. The van der Waals surface area contributed by atoms with Crippen LogP contribution in [0.15, 0.2) is 60.5 Å². The number of benzene rings is 1. The van der Waals surface area contributed by atoms with Crippen LogP contribution in [0.1, 0.15) is 48.8 Å². The van der Waals surface area contributed by atoms with Crippen LogP contribution in [-0.2, 0) is 9.59 Å². The number of rotatable bonds is 7. The molecule has 2 fully saturated rings. The number of carbonyl (C=O) groups excluding carboxylic acids is 2. The van der Waals surface area contributed by atoms with Crippen LogP contribution in [-0.4, -0.2) is 29.9 Å². The molecule has 2 amide bonds. The molecule has 1 unspecified atom stereocenters. The number of allylic oxidation sites excluding steroid dienone is 3. The summed E-state index contributed by atoms with van der Waals surface area (Å²) >= 11 is 0. The number of hydrogen-bond acceptors (Lipinski definition) is 5. The lowest BCUT2D eigenvalue weighted by Crippen LogP contribution is -2.31. The molecule has 7 nitrogen and oxygen atoms in total. The molecule has 0 saturated heterocycles. The first-order chi connectivity index (χ1) is 18.0. The predicted octanol–water partition coefficient (Wildman–Crippen LogP) is 4.61. The van der Waals surface area contributed by atoms with Crippen molar-refractivity contribution in [3.63, 3.8) is 0 Å². The molecule has 4 N–H and O–H groups in total. The smallest absolute Gasteiger partial charge is 0.231 e. The number of anilines is 2. The van der Waals surface area contributed by atoms with Crippen molar-refractivity contribution >= 4 is 34.6 Å². The van der Waals surface area contributed by atoms with E-state index in [0.717, 1.165) is 59.5 Å². The zero-order valence-corrected chi connectivity index (χ0v) is 21.1. The van der Waals surface area contributed by atoms with Gasteiger partial charge in [0, 0.05) is 47.8 Å². The first-order valence-corrected chi connectivity index (χ1v) is 13.3. The minimum atomic E-state index is -0.0903. The molecule has 37 heavy (non-hydrogen) atoms. The average Bonchev–Trinajstić information content (AvgIpc) is 3.83. The molecule has 7 heteroatoms. The molecule has 3 heterocycles. The third kappa shape index (κ3) is 5.45. The van der Waals surface area contributed by atoms with Crippen molar-refractivity contribution in [2.45, 2.75) is 39.0 Å². The summed E-state index contributed by atoms with van der Waals surface area (Å²) in [4.78, 5) is 29.6. The molecule has 0 bridgehead atoms. The van der Waals surface area contributed by atoms with E-state index in [-0.39, 0.29) is 23.7 Å². The van der Waals surface area contributed by atoms with E-state index in [9.17, 15) is 9.59 Å². The van der Waals surface area contributed by atoms with Crippen molar-refractivity contribution in [2.75, 3.05) is 23.7 Å². The number of nitrogens with zero attached hydrogens (tertiary/aromatic N) is 1. The molecule has 4 aliphatic rings. The molecule has 1 aromatic carbocycles. The van der Waals surface area contributed by atoms with Gasteiger partial charge in [-0.3, -0.25) is 9.59 Å². The summed E-state index contributed by atoms with van der Waals surface area (Å²) in [6.45, 7) is 3.63. The summed E-state index contributed by atoms with van der Waals surface area (Å²) in [7, 11) is 0. The standard InChI is InChI=1S/C30H33N5O2/c1-18-2-7-24(34-30(37)23-10-12-31-26(15-23)19-3-4-19)17-25(18)21-8-11-32-27(14-21)22-9-13-33-28(16-22)35-29(36)20-5-6-20/h2,7-9,13-17,19-20,23,31-32H,3-6,10-12H2,1H3,(H,34,37)(H,33,35,36). The molecule has 6 rings (SSSR count). The lowest BCUT2D eigenvalue weighted by atomic mass is 9.95. The largest absolute Gasteiger partial charge is 0.388 e. The maximum Gasteiger partial charge on any atom is 0.231 e. The van der Waals surface area contributed by atoms with Crippen molar-refractivity contribution in [3.05, 3.63) is 77.1 Å². The fourth-order valence-corrected chi connectivity index (χ4v) is 5.01. The van der Waals surface area contributed by atoms with Crippen LogP contribution in [0.25, 0.3) is 11.3 Å². The number of carbonyl (C=O) groups is 2. The highest BCUT2D eigenvalue weighted by molar-refractivity contribution is 5.96. The Hall–Kier alpha value is -3.87. The molecule has 190 valence electrons. The molecule has 1 atom stereocenters. The van der Waals surface area contributed by atoms with Gasteiger partial charge in [-0.05, 0) is 92.0 Å². The van der Waals surface area contributed by atoms with Gasteiger partial charge in [0.15, 0.2) is 0 Å². The van der Waals surface area contributed by atoms with Crippen LogP contribution in [0.3, 0.4) is 0 Å². The number of aryl methyl sites for hydroxylation is 1. The van der Waals surface area contributed by atoms with Gasteiger partial charge in [0.25, 0.3) is 0 Å². The van der Waals surface area contributed by atoms with E-state index >= 15 is 0 Å². The molecular weight excluding hydrogens is 462 g/mol. The number of dihydropyridines is 1. The minimum absolute atomic E-state index is 0.0500. The molecule has 2 saturated carbocycles. The second kappa shape index (κ2) is 9.88. The minimum Gasteiger partial charge on any atom is -0.388 e. The molecule has 1 aromatic heterocycles. The van der Waals surface area contributed by atoms with Gasteiger partial charge in [-0.25, -0.2) is 4.98 Å². The molecule has 2 aromatic rings. The van der Waals surface area contributed by atoms with E-state index < -0.39 is 0 Å². The maximum absolute atomic E-state index is 13.1. The highest BCUT2D eigenvalue weighted by Crippen LogP contribution is 2.37. The summed E-state index contributed by atoms with van der Waals surface area (Å²) in [6.07, 6.45) is 13.3. The molecular formula is C30H33N5O2. The quantitative estimate of drug-likeness (QED) is 0.450. The second-order valence-electron chi connectivity index (χ2n) is 10.5. The number of amides is 2. The van der Waals surface area contributed by atoms with Crippen molar-refractivity contribution in [2.24, 2.45) is 17.8 Å². The Morgan fingerprint density at radius 3 is 2.65 bits per heavy atom. The zero-order valence-electron chi connectivity index (χ0n) is 21.1. The highest BCUT2D eigenvalue weighted by Gasteiger charge is 2.31. The van der Waals surface area contributed by atoms with E-state index in [1.165, 1.54) is 18.5 Å². The van der Waals surface area contributed by atoms with Crippen LogP contribution >= 0.6 is 0 Å².